The zero-order valence-electron chi connectivity index (χ0n) is 17.6. The van der Waals surface area contributed by atoms with Gasteiger partial charge in [0.2, 0.25) is 5.91 Å². The first kappa shape index (κ1) is 21.0. The molecule has 1 aromatic carbocycles. The lowest BCUT2D eigenvalue weighted by Crippen LogP contribution is -2.51. The van der Waals surface area contributed by atoms with Crippen LogP contribution in [0.25, 0.3) is 6.08 Å². The highest BCUT2D eigenvalue weighted by molar-refractivity contribution is 7.80. The van der Waals surface area contributed by atoms with Crippen LogP contribution in [0.5, 0.6) is 0 Å². The van der Waals surface area contributed by atoms with Gasteiger partial charge in [0.05, 0.1) is 11.4 Å². The van der Waals surface area contributed by atoms with Crippen molar-refractivity contribution in [1.82, 2.24) is 15.3 Å². The molecule has 8 heteroatoms. The SMILES string of the molecule is C=Cc1ccc(N2CCN(C(=S)N/N=C3/CCN(C(C)=O)c4cccnc43)CC2)cc1. The van der Waals surface area contributed by atoms with Crippen LogP contribution in [0.3, 0.4) is 0 Å². The van der Waals surface area contributed by atoms with E-state index in [9.17, 15) is 4.79 Å². The Morgan fingerprint density at radius 1 is 1.16 bits per heavy atom. The monoisotopic (exact) mass is 434 g/mol. The Morgan fingerprint density at radius 3 is 2.58 bits per heavy atom. The van der Waals surface area contributed by atoms with E-state index in [1.54, 1.807) is 18.0 Å². The minimum Gasteiger partial charge on any atom is -0.368 e. The maximum absolute atomic E-state index is 11.9. The molecule has 2 aliphatic rings. The number of hydrogen-bond donors (Lipinski definition) is 1. The minimum absolute atomic E-state index is 0.00813. The molecule has 3 heterocycles. The van der Waals surface area contributed by atoms with Crippen LogP contribution in [0.2, 0.25) is 0 Å². The third-order valence-electron chi connectivity index (χ3n) is 5.65. The Morgan fingerprint density at radius 2 is 1.90 bits per heavy atom. The Bertz CT molecular complexity index is 1010. The number of carbonyl (C=O) groups excluding carboxylic acids is 1. The van der Waals surface area contributed by atoms with Crippen LogP contribution in [-0.4, -0.2) is 59.3 Å². The number of amides is 1. The van der Waals surface area contributed by atoms with Crippen molar-refractivity contribution in [3.05, 3.63) is 60.4 Å². The predicted octanol–water partition coefficient (Wildman–Crippen LogP) is 2.88. The van der Waals surface area contributed by atoms with Crippen molar-refractivity contribution < 1.29 is 4.79 Å². The summed E-state index contributed by atoms with van der Waals surface area (Å²) >= 11 is 5.59. The zero-order chi connectivity index (χ0) is 21.8. The smallest absolute Gasteiger partial charge is 0.223 e. The largest absolute Gasteiger partial charge is 0.368 e. The van der Waals surface area contributed by atoms with Gasteiger partial charge in [-0.15, -0.1) is 0 Å². The van der Waals surface area contributed by atoms with Crippen LogP contribution in [0.1, 0.15) is 24.6 Å². The second-order valence-electron chi connectivity index (χ2n) is 7.54. The molecule has 0 radical (unpaired) electrons. The van der Waals surface area contributed by atoms with Gasteiger partial charge in [-0.25, -0.2) is 0 Å². The molecule has 4 rings (SSSR count). The summed E-state index contributed by atoms with van der Waals surface area (Å²) in [5, 5.41) is 5.16. The van der Waals surface area contributed by atoms with Crippen molar-refractivity contribution in [2.24, 2.45) is 5.10 Å². The van der Waals surface area contributed by atoms with Crippen LogP contribution < -0.4 is 15.2 Å². The molecule has 0 unspecified atom stereocenters. The van der Waals surface area contributed by atoms with Crippen molar-refractivity contribution in [1.29, 1.82) is 0 Å². The number of aromatic nitrogens is 1. The molecule has 0 bridgehead atoms. The van der Waals surface area contributed by atoms with Gasteiger partial charge in [-0.1, -0.05) is 24.8 Å². The number of thiocarbonyl (C=S) groups is 1. The van der Waals surface area contributed by atoms with Crippen LogP contribution >= 0.6 is 12.2 Å². The molecule has 31 heavy (non-hydrogen) atoms. The van der Waals surface area contributed by atoms with Crippen molar-refractivity contribution in [3.8, 4) is 0 Å². The maximum Gasteiger partial charge on any atom is 0.223 e. The van der Waals surface area contributed by atoms with Crippen molar-refractivity contribution in [3.63, 3.8) is 0 Å². The molecule has 0 spiro atoms. The highest BCUT2D eigenvalue weighted by atomic mass is 32.1. The number of pyridine rings is 1. The summed E-state index contributed by atoms with van der Waals surface area (Å²) in [5.41, 5.74) is 7.72. The molecule has 2 aromatic rings. The zero-order valence-corrected chi connectivity index (χ0v) is 18.4. The van der Waals surface area contributed by atoms with Crippen molar-refractivity contribution in [2.45, 2.75) is 13.3 Å². The highest BCUT2D eigenvalue weighted by Gasteiger charge is 2.25. The van der Waals surface area contributed by atoms with E-state index in [0.717, 1.165) is 48.8 Å². The van der Waals surface area contributed by atoms with Gasteiger partial charge in [0.1, 0.15) is 5.69 Å². The Labute approximate surface area is 188 Å². The number of piperazine rings is 1. The quantitative estimate of drug-likeness (QED) is 0.592. The van der Waals surface area contributed by atoms with E-state index in [2.05, 4.69) is 56.2 Å². The molecule has 0 saturated carbocycles. The number of nitrogens with zero attached hydrogens (tertiary/aromatic N) is 5. The van der Waals surface area contributed by atoms with Gasteiger partial charge in [-0.3, -0.25) is 15.2 Å². The standard InChI is InChI=1S/C23H26N6OS/c1-3-18-6-8-19(9-7-18)27-13-15-28(16-14-27)23(31)26-25-20-10-12-29(17(2)30)21-5-4-11-24-22(20)21/h3-9,11H,1,10,12-16H2,2H3,(H,26,31)/b25-20-. The van der Waals surface area contributed by atoms with Gasteiger partial charge in [-0.2, -0.15) is 5.10 Å². The third-order valence-corrected chi connectivity index (χ3v) is 6.00. The number of benzene rings is 1. The normalized spacial score (nSPS) is 17.3. The van der Waals surface area contributed by atoms with E-state index >= 15 is 0 Å². The first-order valence-electron chi connectivity index (χ1n) is 10.4. The first-order valence-corrected chi connectivity index (χ1v) is 10.8. The van der Waals surface area contributed by atoms with Crippen molar-refractivity contribution >= 4 is 46.4 Å². The summed E-state index contributed by atoms with van der Waals surface area (Å²) in [7, 11) is 0. The highest BCUT2D eigenvalue weighted by Crippen LogP contribution is 2.25. The summed E-state index contributed by atoms with van der Waals surface area (Å²) in [4.78, 5) is 22.6. The average Bonchev–Trinajstić information content (AvgIpc) is 2.82. The molecular weight excluding hydrogens is 408 g/mol. The molecule has 160 valence electrons. The van der Waals surface area contributed by atoms with Crippen LogP contribution in [0, 0.1) is 0 Å². The van der Waals surface area contributed by atoms with E-state index in [-0.39, 0.29) is 5.91 Å². The molecule has 1 N–H and O–H groups in total. The lowest BCUT2D eigenvalue weighted by atomic mass is 10.1. The van der Waals surface area contributed by atoms with E-state index < -0.39 is 0 Å². The number of fused-ring (bicyclic) bond motifs is 1. The van der Waals surface area contributed by atoms with Gasteiger partial charge >= 0.3 is 0 Å². The van der Waals surface area contributed by atoms with Gasteiger partial charge in [-0.05, 0) is 42.0 Å². The lowest BCUT2D eigenvalue weighted by Gasteiger charge is -2.37. The summed E-state index contributed by atoms with van der Waals surface area (Å²) in [6.45, 7) is 9.40. The second kappa shape index (κ2) is 9.26. The Balaban J connectivity index is 1.37. The minimum atomic E-state index is 0.00813. The fourth-order valence-corrected chi connectivity index (χ4v) is 4.13. The van der Waals surface area contributed by atoms with E-state index in [0.29, 0.717) is 18.1 Å². The van der Waals surface area contributed by atoms with E-state index in [4.69, 9.17) is 12.2 Å². The van der Waals surface area contributed by atoms with Crippen LogP contribution in [0.4, 0.5) is 11.4 Å². The van der Waals surface area contributed by atoms with Crippen LogP contribution in [-0.2, 0) is 4.79 Å². The fraction of sp³-hybridized carbons (Fsp3) is 0.304. The maximum atomic E-state index is 11.9. The summed E-state index contributed by atoms with van der Waals surface area (Å²) in [6.07, 6.45) is 4.20. The molecule has 0 aliphatic carbocycles. The fourth-order valence-electron chi connectivity index (χ4n) is 3.90. The summed E-state index contributed by atoms with van der Waals surface area (Å²) < 4.78 is 0. The number of rotatable bonds is 3. The topological polar surface area (TPSA) is 64.1 Å². The second-order valence-corrected chi connectivity index (χ2v) is 7.92. The Kier molecular flexibility index (Phi) is 6.27. The van der Waals surface area contributed by atoms with Gasteiger partial charge in [0.25, 0.3) is 0 Å². The predicted molar refractivity (Wildman–Crippen MR) is 129 cm³/mol. The first-order chi connectivity index (χ1) is 15.1. The third kappa shape index (κ3) is 4.59. The number of carbonyl (C=O) groups is 1. The molecule has 0 atom stereocenters. The molecular formula is C23H26N6OS. The average molecular weight is 435 g/mol. The number of anilines is 2. The van der Waals surface area contributed by atoms with Crippen LogP contribution in [0.15, 0.2) is 54.3 Å². The van der Waals surface area contributed by atoms with E-state index in [1.165, 1.54) is 5.69 Å². The number of hydrazone groups is 1. The molecule has 2 aliphatic heterocycles. The lowest BCUT2D eigenvalue weighted by molar-refractivity contribution is -0.116. The molecule has 7 nitrogen and oxygen atoms in total. The van der Waals surface area contributed by atoms with Gasteiger partial charge in [0, 0.05) is 58.0 Å². The van der Waals surface area contributed by atoms with E-state index in [1.807, 2.05) is 18.2 Å². The Hall–Kier alpha value is -3.26. The molecule has 1 amide bonds. The summed E-state index contributed by atoms with van der Waals surface area (Å²) in [6, 6.07) is 12.2. The molecule has 1 aromatic heterocycles. The number of hydrogen-bond acceptors (Lipinski definition) is 5. The van der Waals surface area contributed by atoms with Gasteiger partial charge < -0.3 is 14.7 Å². The van der Waals surface area contributed by atoms with Gasteiger partial charge in [0.15, 0.2) is 5.11 Å². The van der Waals surface area contributed by atoms with Crippen molar-refractivity contribution in [2.75, 3.05) is 42.5 Å². The number of nitrogens with one attached hydrogen (secondary N) is 1. The molecule has 1 saturated heterocycles. The summed E-state index contributed by atoms with van der Waals surface area (Å²) in [5.74, 6) is 0.00813. The molecule has 1 fully saturated rings.